The lowest BCUT2D eigenvalue weighted by Crippen LogP contribution is -2.26. The first-order chi connectivity index (χ1) is 11.6. The number of fused-ring (bicyclic) bond motifs is 1. The van der Waals surface area contributed by atoms with Crippen LogP contribution in [0.25, 0.3) is 11.0 Å². The number of aromatic nitrogens is 4. The van der Waals surface area contributed by atoms with E-state index in [1.165, 1.54) is 12.1 Å². The third kappa shape index (κ3) is 3.15. The first-order valence-electron chi connectivity index (χ1n) is 8.01. The highest BCUT2D eigenvalue weighted by molar-refractivity contribution is 5.74. The van der Waals surface area contributed by atoms with Crippen molar-refractivity contribution >= 4 is 17.0 Å². The normalized spacial score (nSPS) is 11.1. The van der Waals surface area contributed by atoms with Gasteiger partial charge in [0, 0.05) is 20.1 Å². The number of benzene rings is 1. The molecule has 1 aromatic carbocycles. The van der Waals surface area contributed by atoms with Gasteiger partial charge in [0.2, 0.25) is 5.95 Å². The average molecular weight is 329 g/mol. The van der Waals surface area contributed by atoms with Crippen molar-refractivity contribution in [1.29, 1.82) is 0 Å². The Hall–Kier alpha value is -2.70. The fraction of sp³-hybridized carbons (Fsp3) is 0.353. The Bertz CT molecular complexity index is 898. The van der Waals surface area contributed by atoms with Gasteiger partial charge in [-0.05, 0) is 30.5 Å². The van der Waals surface area contributed by atoms with Gasteiger partial charge in [-0.25, -0.2) is 9.37 Å². The molecule has 3 aromatic rings. The summed E-state index contributed by atoms with van der Waals surface area (Å²) in [4.78, 5) is 17.2. The summed E-state index contributed by atoms with van der Waals surface area (Å²) in [6.07, 6.45) is 3.14. The minimum absolute atomic E-state index is 0.0915. The number of rotatable bonds is 6. The topological polar surface area (TPSA) is 64.7 Å². The van der Waals surface area contributed by atoms with Crippen molar-refractivity contribution in [3.63, 3.8) is 0 Å². The van der Waals surface area contributed by atoms with Crippen LogP contribution < -0.4 is 10.9 Å². The van der Waals surface area contributed by atoms with Crippen LogP contribution >= 0.6 is 0 Å². The van der Waals surface area contributed by atoms with Crippen LogP contribution in [0.5, 0.6) is 0 Å². The molecular formula is C17H20FN5O. The van der Waals surface area contributed by atoms with Gasteiger partial charge in [0.15, 0.2) is 5.52 Å². The zero-order valence-corrected chi connectivity index (χ0v) is 13.8. The van der Waals surface area contributed by atoms with E-state index in [2.05, 4.69) is 15.4 Å². The molecule has 0 aliphatic heterocycles. The Morgan fingerprint density at radius 2 is 2.00 bits per heavy atom. The fourth-order valence-corrected chi connectivity index (χ4v) is 2.69. The van der Waals surface area contributed by atoms with Crippen molar-refractivity contribution in [3.05, 3.63) is 52.2 Å². The van der Waals surface area contributed by atoms with Gasteiger partial charge in [0.1, 0.15) is 11.3 Å². The predicted molar refractivity (Wildman–Crippen MR) is 91.7 cm³/mol. The first kappa shape index (κ1) is 16.2. The quantitative estimate of drug-likeness (QED) is 0.754. The Morgan fingerprint density at radius 3 is 2.71 bits per heavy atom. The van der Waals surface area contributed by atoms with Crippen LogP contribution in [0.15, 0.2) is 35.3 Å². The van der Waals surface area contributed by atoms with Crippen molar-refractivity contribution in [2.75, 3.05) is 11.9 Å². The summed E-state index contributed by atoms with van der Waals surface area (Å²) in [6.45, 7) is 3.21. The van der Waals surface area contributed by atoms with Crippen LogP contribution in [0.3, 0.4) is 0 Å². The number of halogens is 1. The lowest BCUT2D eigenvalue weighted by atomic mass is 10.1. The maximum Gasteiger partial charge on any atom is 0.281 e. The highest BCUT2D eigenvalue weighted by Crippen LogP contribution is 2.11. The van der Waals surface area contributed by atoms with E-state index in [-0.39, 0.29) is 11.4 Å². The molecule has 2 heterocycles. The number of anilines is 1. The number of hydrogen-bond acceptors (Lipinski definition) is 4. The van der Waals surface area contributed by atoms with Crippen LogP contribution in [0.4, 0.5) is 10.3 Å². The molecule has 1 N–H and O–H groups in total. The van der Waals surface area contributed by atoms with Gasteiger partial charge in [0.25, 0.3) is 5.56 Å². The monoisotopic (exact) mass is 329 g/mol. The van der Waals surface area contributed by atoms with Gasteiger partial charge in [-0.15, -0.1) is 0 Å². The molecule has 0 amide bonds. The van der Waals surface area contributed by atoms with Crippen LogP contribution in [-0.4, -0.2) is 25.9 Å². The summed E-state index contributed by atoms with van der Waals surface area (Å²) in [5.41, 5.74) is 2.02. The van der Waals surface area contributed by atoms with Gasteiger partial charge in [-0.3, -0.25) is 14.0 Å². The molecule has 0 aliphatic carbocycles. The summed E-state index contributed by atoms with van der Waals surface area (Å²) >= 11 is 0. The van der Waals surface area contributed by atoms with Gasteiger partial charge >= 0.3 is 0 Å². The fourth-order valence-electron chi connectivity index (χ4n) is 2.69. The molecule has 0 fully saturated rings. The zero-order valence-electron chi connectivity index (χ0n) is 13.8. The second-order valence-corrected chi connectivity index (χ2v) is 5.70. The van der Waals surface area contributed by atoms with E-state index >= 15 is 0 Å². The second kappa shape index (κ2) is 6.82. The number of hydrogen-bond donors (Lipinski definition) is 1. The van der Waals surface area contributed by atoms with Gasteiger partial charge < -0.3 is 5.32 Å². The number of nitrogens with one attached hydrogen (secondary N) is 1. The molecule has 126 valence electrons. The van der Waals surface area contributed by atoms with E-state index in [4.69, 9.17) is 0 Å². The van der Waals surface area contributed by atoms with E-state index in [9.17, 15) is 9.18 Å². The SMILES string of the molecule is CCCn1c(NCCc2ccc(F)cc2)nc2cnn(C)c2c1=O. The molecule has 0 unspecified atom stereocenters. The van der Waals surface area contributed by atoms with E-state index in [0.717, 1.165) is 12.0 Å². The van der Waals surface area contributed by atoms with Crippen molar-refractivity contribution in [1.82, 2.24) is 19.3 Å². The summed E-state index contributed by atoms with van der Waals surface area (Å²) < 4.78 is 16.1. The largest absolute Gasteiger partial charge is 0.355 e. The number of aryl methyl sites for hydroxylation is 1. The summed E-state index contributed by atoms with van der Waals surface area (Å²) in [7, 11) is 1.74. The van der Waals surface area contributed by atoms with Crippen molar-refractivity contribution in [3.8, 4) is 0 Å². The highest BCUT2D eigenvalue weighted by atomic mass is 19.1. The second-order valence-electron chi connectivity index (χ2n) is 5.70. The lowest BCUT2D eigenvalue weighted by molar-refractivity contribution is 0.627. The smallest absolute Gasteiger partial charge is 0.281 e. The molecular weight excluding hydrogens is 309 g/mol. The molecule has 3 rings (SSSR count). The standard InChI is InChI=1S/C17H20FN5O/c1-3-10-23-16(24)15-14(11-20-22(15)2)21-17(23)19-9-8-12-4-6-13(18)7-5-12/h4-7,11H,3,8-10H2,1-2H3,(H,19,21). The highest BCUT2D eigenvalue weighted by Gasteiger charge is 2.13. The predicted octanol–water partition coefficient (Wildman–Crippen LogP) is 2.33. The molecule has 0 spiro atoms. The van der Waals surface area contributed by atoms with Gasteiger partial charge in [0.05, 0.1) is 6.20 Å². The maximum atomic E-state index is 12.9. The Labute approximate surface area is 138 Å². The van der Waals surface area contributed by atoms with E-state index < -0.39 is 0 Å². The molecule has 6 nitrogen and oxygen atoms in total. The Morgan fingerprint density at radius 1 is 1.25 bits per heavy atom. The lowest BCUT2D eigenvalue weighted by Gasteiger charge is -2.13. The molecule has 2 aromatic heterocycles. The first-order valence-corrected chi connectivity index (χ1v) is 8.01. The summed E-state index contributed by atoms with van der Waals surface area (Å²) in [5.74, 6) is 0.302. The molecule has 0 saturated heterocycles. The molecule has 0 atom stereocenters. The van der Waals surface area contributed by atoms with Crippen molar-refractivity contribution < 1.29 is 4.39 Å². The summed E-state index contributed by atoms with van der Waals surface area (Å²) in [5, 5.41) is 7.34. The minimum Gasteiger partial charge on any atom is -0.355 e. The van der Waals surface area contributed by atoms with Crippen molar-refractivity contribution in [2.24, 2.45) is 7.05 Å². The Balaban J connectivity index is 1.83. The molecule has 7 heteroatoms. The molecule has 24 heavy (non-hydrogen) atoms. The van der Waals surface area contributed by atoms with Crippen molar-refractivity contribution in [2.45, 2.75) is 26.3 Å². The van der Waals surface area contributed by atoms with E-state index in [1.807, 2.05) is 6.92 Å². The van der Waals surface area contributed by atoms with Gasteiger partial charge in [-0.2, -0.15) is 5.10 Å². The van der Waals surface area contributed by atoms with Crippen LogP contribution in [0, 0.1) is 5.82 Å². The maximum absolute atomic E-state index is 12.9. The molecule has 0 aliphatic rings. The van der Waals surface area contributed by atoms with E-state index in [1.54, 1.807) is 34.6 Å². The molecule has 0 bridgehead atoms. The third-order valence-corrected chi connectivity index (χ3v) is 3.91. The van der Waals surface area contributed by atoms with Crippen LogP contribution in [-0.2, 0) is 20.0 Å². The Kier molecular flexibility index (Phi) is 4.59. The van der Waals surface area contributed by atoms with Crippen LogP contribution in [0.1, 0.15) is 18.9 Å². The van der Waals surface area contributed by atoms with Gasteiger partial charge in [-0.1, -0.05) is 19.1 Å². The zero-order chi connectivity index (χ0) is 17.1. The van der Waals surface area contributed by atoms with Crippen LogP contribution in [0.2, 0.25) is 0 Å². The average Bonchev–Trinajstić information content (AvgIpc) is 2.94. The third-order valence-electron chi connectivity index (χ3n) is 3.91. The number of nitrogens with zero attached hydrogens (tertiary/aromatic N) is 4. The van der Waals surface area contributed by atoms with E-state index in [0.29, 0.717) is 36.5 Å². The summed E-state index contributed by atoms with van der Waals surface area (Å²) in [6, 6.07) is 6.41. The molecule has 0 radical (unpaired) electrons. The minimum atomic E-state index is -0.243. The molecule has 0 saturated carbocycles.